The van der Waals surface area contributed by atoms with Crippen LogP contribution in [0.25, 0.3) is 5.69 Å². The van der Waals surface area contributed by atoms with E-state index in [0.29, 0.717) is 25.5 Å². The Labute approximate surface area is 166 Å². The Balaban J connectivity index is 1.16. The molecular formula is C22H28N4O2. The van der Waals surface area contributed by atoms with Gasteiger partial charge in [0.2, 0.25) is 5.78 Å². The Bertz CT molecular complexity index is 790. The van der Waals surface area contributed by atoms with Crippen molar-refractivity contribution in [1.82, 2.24) is 14.5 Å². The number of aliphatic imine (C=N–C) groups is 1. The largest absolute Gasteiger partial charge is 0.473 e. The van der Waals surface area contributed by atoms with Crippen LogP contribution in [0.2, 0.25) is 0 Å². The molecule has 0 radical (unpaired) electrons. The van der Waals surface area contributed by atoms with E-state index in [0.717, 1.165) is 44.1 Å². The van der Waals surface area contributed by atoms with Gasteiger partial charge in [-0.1, -0.05) is 12.1 Å². The number of imidazole rings is 1. The number of Topliss-reactive ketones (excluding diaryl/α,β-unsaturated/α-hetero) is 1. The maximum absolute atomic E-state index is 12.0. The van der Waals surface area contributed by atoms with E-state index >= 15 is 0 Å². The first-order valence-corrected chi connectivity index (χ1v) is 10.3. The number of piperidine rings is 1. The molecule has 4 rings (SSSR count). The number of ether oxygens (including phenoxy) is 1. The topological polar surface area (TPSA) is 59.7 Å². The van der Waals surface area contributed by atoms with Crippen molar-refractivity contribution in [3.05, 3.63) is 48.5 Å². The van der Waals surface area contributed by atoms with Gasteiger partial charge in [0.15, 0.2) is 0 Å². The summed E-state index contributed by atoms with van der Waals surface area (Å²) in [6, 6.07) is 8.72. The number of benzene rings is 1. The van der Waals surface area contributed by atoms with Gasteiger partial charge in [-0.15, -0.1) is 0 Å². The average Bonchev–Trinajstić information content (AvgIpc) is 3.44. The van der Waals surface area contributed by atoms with E-state index < -0.39 is 0 Å². The lowest BCUT2D eigenvalue weighted by molar-refractivity contribution is -0.114. The highest BCUT2D eigenvalue weighted by molar-refractivity contribution is 6.36. The second kappa shape index (κ2) is 9.15. The highest BCUT2D eigenvalue weighted by Crippen LogP contribution is 2.24. The lowest BCUT2D eigenvalue weighted by Crippen LogP contribution is -2.33. The summed E-state index contributed by atoms with van der Waals surface area (Å²) >= 11 is 0. The van der Waals surface area contributed by atoms with Crippen LogP contribution in [0.1, 0.15) is 37.7 Å². The molecule has 1 aromatic carbocycles. The quantitative estimate of drug-likeness (QED) is 0.705. The Morgan fingerprint density at radius 3 is 2.68 bits per heavy atom. The zero-order chi connectivity index (χ0) is 19.2. The normalized spacial score (nSPS) is 18.1. The number of aromatic nitrogens is 2. The van der Waals surface area contributed by atoms with Crippen LogP contribution in [-0.4, -0.2) is 52.4 Å². The molecule has 0 spiro atoms. The third kappa shape index (κ3) is 4.87. The number of likely N-dealkylation sites (tertiary alicyclic amines) is 1. The number of hydrogen-bond acceptors (Lipinski definition) is 5. The summed E-state index contributed by atoms with van der Waals surface area (Å²) in [6.07, 6.45) is 10.7. The molecule has 148 valence electrons. The molecule has 6 nitrogen and oxygen atoms in total. The van der Waals surface area contributed by atoms with Gasteiger partial charge in [0.05, 0.1) is 12.9 Å². The SMILES string of the molecule is O=C(CCCC1CCN(Cc2ccc(-n3ccnc3)cc2)CC1)C1=NCCO1. The van der Waals surface area contributed by atoms with Gasteiger partial charge in [-0.2, -0.15) is 0 Å². The van der Waals surface area contributed by atoms with E-state index in [9.17, 15) is 4.79 Å². The molecule has 0 atom stereocenters. The molecule has 6 heteroatoms. The highest BCUT2D eigenvalue weighted by atomic mass is 16.5. The molecule has 2 aromatic rings. The van der Waals surface area contributed by atoms with Crippen molar-refractivity contribution in [3.63, 3.8) is 0 Å². The van der Waals surface area contributed by atoms with Crippen molar-refractivity contribution < 1.29 is 9.53 Å². The first-order valence-electron chi connectivity index (χ1n) is 10.3. The van der Waals surface area contributed by atoms with Crippen LogP contribution in [0, 0.1) is 5.92 Å². The van der Waals surface area contributed by atoms with E-state index in [-0.39, 0.29) is 5.78 Å². The zero-order valence-electron chi connectivity index (χ0n) is 16.3. The number of carbonyl (C=O) groups is 1. The summed E-state index contributed by atoms with van der Waals surface area (Å²) in [4.78, 5) is 22.7. The first-order chi connectivity index (χ1) is 13.8. The minimum atomic E-state index is 0.0778. The summed E-state index contributed by atoms with van der Waals surface area (Å²) in [5.41, 5.74) is 2.49. The predicted molar refractivity (Wildman–Crippen MR) is 109 cm³/mol. The molecular weight excluding hydrogens is 352 g/mol. The van der Waals surface area contributed by atoms with Crippen molar-refractivity contribution >= 4 is 11.7 Å². The number of carbonyl (C=O) groups excluding carboxylic acids is 1. The molecule has 0 amide bonds. The molecule has 1 fully saturated rings. The van der Waals surface area contributed by atoms with Gasteiger partial charge < -0.3 is 9.30 Å². The van der Waals surface area contributed by atoms with Crippen LogP contribution < -0.4 is 0 Å². The number of rotatable bonds is 8. The second-order valence-corrected chi connectivity index (χ2v) is 7.71. The Morgan fingerprint density at radius 1 is 1.18 bits per heavy atom. The molecule has 0 aliphatic carbocycles. The van der Waals surface area contributed by atoms with Crippen LogP contribution in [-0.2, 0) is 16.1 Å². The minimum absolute atomic E-state index is 0.0778. The molecule has 3 heterocycles. The lowest BCUT2D eigenvalue weighted by Gasteiger charge is -2.32. The van der Waals surface area contributed by atoms with Gasteiger partial charge in [-0.25, -0.2) is 9.98 Å². The summed E-state index contributed by atoms with van der Waals surface area (Å²) in [5, 5.41) is 0. The van der Waals surface area contributed by atoms with E-state index in [1.165, 1.54) is 18.4 Å². The van der Waals surface area contributed by atoms with Crippen LogP contribution in [0.5, 0.6) is 0 Å². The molecule has 0 bridgehead atoms. The number of nitrogens with zero attached hydrogens (tertiary/aromatic N) is 4. The van der Waals surface area contributed by atoms with Crippen LogP contribution in [0.4, 0.5) is 0 Å². The molecule has 2 aliphatic rings. The zero-order valence-corrected chi connectivity index (χ0v) is 16.3. The fourth-order valence-corrected chi connectivity index (χ4v) is 4.04. The van der Waals surface area contributed by atoms with E-state index in [1.807, 2.05) is 17.1 Å². The summed E-state index contributed by atoms with van der Waals surface area (Å²) in [7, 11) is 0. The Kier molecular flexibility index (Phi) is 6.17. The van der Waals surface area contributed by atoms with Crippen molar-refractivity contribution in [1.29, 1.82) is 0 Å². The molecule has 1 aromatic heterocycles. The molecule has 0 N–H and O–H groups in total. The van der Waals surface area contributed by atoms with Gasteiger partial charge in [-0.3, -0.25) is 9.69 Å². The maximum atomic E-state index is 12.0. The molecule has 28 heavy (non-hydrogen) atoms. The minimum Gasteiger partial charge on any atom is -0.473 e. The summed E-state index contributed by atoms with van der Waals surface area (Å²) in [5.74, 6) is 1.17. The third-order valence-electron chi connectivity index (χ3n) is 5.69. The Hall–Kier alpha value is -2.47. The van der Waals surface area contributed by atoms with Crippen LogP contribution in [0.15, 0.2) is 48.0 Å². The van der Waals surface area contributed by atoms with E-state index in [2.05, 4.69) is 39.1 Å². The van der Waals surface area contributed by atoms with Crippen LogP contribution >= 0.6 is 0 Å². The van der Waals surface area contributed by atoms with Gasteiger partial charge >= 0.3 is 0 Å². The third-order valence-corrected chi connectivity index (χ3v) is 5.69. The number of hydrogen-bond donors (Lipinski definition) is 0. The smallest absolute Gasteiger partial charge is 0.253 e. The monoisotopic (exact) mass is 380 g/mol. The highest BCUT2D eigenvalue weighted by Gasteiger charge is 2.21. The molecule has 0 unspecified atom stereocenters. The second-order valence-electron chi connectivity index (χ2n) is 7.71. The molecule has 2 aliphatic heterocycles. The van der Waals surface area contributed by atoms with Gasteiger partial charge in [0, 0.05) is 31.0 Å². The van der Waals surface area contributed by atoms with E-state index in [4.69, 9.17) is 4.74 Å². The standard InChI is InChI=1S/C22H28N4O2/c27-21(22-24-11-15-28-22)3-1-2-18-8-12-25(13-9-18)16-19-4-6-20(7-5-19)26-14-10-23-17-26/h4-7,10,14,17-18H,1-3,8-9,11-13,15-16H2. The van der Waals surface area contributed by atoms with Crippen molar-refractivity contribution in [2.75, 3.05) is 26.2 Å². The van der Waals surface area contributed by atoms with Gasteiger partial charge in [0.1, 0.15) is 6.61 Å². The van der Waals surface area contributed by atoms with Crippen molar-refractivity contribution in [2.45, 2.75) is 38.6 Å². The lowest BCUT2D eigenvalue weighted by atomic mass is 9.91. The fourth-order valence-electron chi connectivity index (χ4n) is 4.04. The van der Waals surface area contributed by atoms with Crippen molar-refractivity contribution in [3.8, 4) is 5.69 Å². The fraction of sp³-hybridized carbons (Fsp3) is 0.500. The summed E-state index contributed by atoms with van der Waals surface area (Å²) < 4.78 is 7.26. The van der Waals surface area contributed by atoms with Gasteiger partial charge in [-0.05, 0) is 62.4 Å². The van der Waals surface area contributed by atoms with Crippen molar-refractivity contribution in [2.24, 2.45) is 10.9 Å². The molecule has 1 saturated heterocycles. The Morgan fingerprint density at radius 2 is 2.00 bits per heavy atom. The average molecular weight is 380 g/mol. The maximum Gasteiger partial charge on any atom is 0.253 e. The molecule has 0 saturated carbocycles. The predicted octanol–water partition coefficient (Wildman–Crippen LogP) is 3.25. The van der Waals surface area contributed by atoms with Gasteiger partial charge in [0.25, 0.3) is 5.90 Å². The van der Waals surface area contributed by atoms with E-state index in [1.54, 1.807) is 6.20 Å². The first kappa shape index (κ1) is 18.9. The number of ketones is 1. The summed E-state index contributed by atoms with van der Waals surface area (Å²) in [6.45, 7) is 4.47. The van der Waals surface area contributed by atoms with Crippen LogP contribution in [0.3, 0.4) is 0 Å².